The number of rotatable bonds is 5. The summed E-state index contributed by atoms with van der Waals surface area (Å²) >= 11 is 0. The number of ether oxygens (including phenoxy) is 1. The molecule has 4 rings (SSSR count). The molecule has 5 atom stereocenters. The number of nitrogens with zero attached hydrogens (tertiary/aromatic N) is 2. The minimum absolute atomic E-state index is 0.00823. The van der Waals surface area contributed by atoms with Crippen LogP contribution in [0.3, 0.4) is 0 Å². The highest BCUT2D eigenvalue weighted by molar-refractivity contribution is 5.79. The molecule has 0 radical (unpaired) electrons. The molecule has 3 aliphatic rings. The van der Waals surface area contributed by atoms with Crippen LogP contribution in [0.4, 0.5) is 13.2 Å². The molecule has 3 heterocycles. The number of carbonyl (C=O) groups excluding carboxylic acids is 1. The van der Waals surface area contributed by atoms with Gasteiger partial charge in [-0.15, -0.1) is 0 Å². The fourth-order valence-electron chi connectivity index (χ4n) is 5.80. The number of nitrogens with one attached hydrogen (secondary N) is 1. The molecular formula is C24H34F3N3O3. The second-order valence-electron chi connectivity index (χ2n) is 9.92. The van der Waals surface area contributed by atoms with Gasteiger partial charge in [-0.2, -0.15) is 13.2 Å². The van der Waals surface area contributed by atoms with Crippen LogP contribution >= 0.6 is 0 Å². The molecule has 184 valence electrons. The van der Waals surface area contributed by atoms with Crippen molar-refractivity contribution in [3.63, 3.8) is 0 Å². The summed E-state index contributed by atoms with van der Waals surface area (Å²) in [7, 11) is 0. The molecule has 1 amide bonds. The van der Waals surface area contributed by atoms with Gasteiger partial charge in [0.25, 0.3) is 5.56 Å². The molecule has 1 aromatic rings. The van der Waals surface area contributed by atoms with E-state index in [1.54, 1.807) is 4.90 Å². The van der Waals surface area contributed by atoms with Crippen molar-refractivity contribution in [2.75, 3.05) is 19.8 Å². The van der Waals surface area contributed by atoms with Crippen LogP contribution < -0.4 is 10.9 Å². The monoisotopic (exact) mass is 469 g/mol. The third-order valence-electron chi connectivity index (χ3n) is 7.56. The molecule has 2 aliphatic heterocycles. The van der Waals surface area contributed by atoms with Gasteiger partial charge in [-0.05, 0) is 43.6 Å². The largest absolute Gasteiger partial charge is 0.416 e. The molecular weight excluding hydrogens is 435 g/mol. The predicted octanol–water partition coefficient (Wildman–Crippen LogP) is 3.42. The van der Waals surface area contributed by atoms with Crippen LogP contribution in [0.1, 0.15) is 57.2 Å². The van der Waals surface area contributed by atoms with Gasteiger partial charge in [-0.1, -0.05) is 20.3 Å². The number of amides is 1. The topological polar surface area (TPSA) is 63.6 Å². The first-order valence-corrected chi connectivity index (χ1v) is 12.1. The Bertz CT molecular complexity index is 916. The van der Waals surface area contributed by atoms with Crippen molar-refractivity contribution in [3.8, 4) is 0 Å². The summed E-state index contributed by atoms with van der Waals surface area (Å²) < 4.78 is 46.5. The number of hydrogen-bond acceptors (Lipinski definition) is 4. The van der Waals surface area contributed by atoms with Crippen LogP contribution in [0, 0.1) is 17.8 Å². The minimum atomic E-state index is -4.58. The summed E-state index contributed by atoms with van der Waals surface area (Å²) in [5, 5.41) is 3.77. The van der Waals surface area contributed by atoms with E-state index in [1.807, 2.05) is 0 Å². The van der Waals surface area contributed by atoms with E-state index in [0.29, 0.717) is 24.6 Å². The van der Waals surface area contributed by atoms with Crippen molar-refractivity contribution in [1.82, 2.24) is 14.8 Å². The summed E-state index contributed by atoms with van der Waals surface area (Å²) in [6.07, 6.45) is 0.0186. The Morgan fingerprint density at radius 1 is 1.24 bits per heavy atom. The van der Waals surface area contributed by atoms with Gasteiger partial charge in [0.15, 0.2) is 0 Å². The molecule has 1 aromatic heterocycles. The van der Waals surface area contributed by atoms with E-state index in [0.717, 1.165) is 51.4 Å². The SMILES string of the molecule is CCCC1CC(NC2CCOC[C@H]2C)C[C@H]1C(=O)N1CCn2c(cc(C(F)(F)F)cc2=O)C1. The average molecular weight is 470 g/mol. The number of hydrogen-bond donors (Lipinski definition) is 1. The van der Waals surface area contributed by atoms with Crippen LogP contribution in [-0.4, -0.2) is 47.2 Å². The van der Waals surface area contributed by atoms with Gasteiger partial charge in [0.05, 0.1) is 18.7 Å². The van der Waals surface area contributed by atoms with Crippen molar-refractivity contribution >= 4 is 5.91 Å². The lowest BCUT2D eigenvalue weighted by Gasteiger charge is -2.33. The van der Waals surface area contributed by atoms with Crippen LogP contribution in [0.2, 0.25) is 0 Å². The fourth-order valence-corrected chi connectivity index (χ4v) is 5.80. The highest BCUT2D eigenvalue weighted by Crippen LogP contribution is 2.38. The maximum absolute atomic E-state index is 13.5. The standard InChI is InChI=1S/C24H34F3N3O3/c1-3-4-16-9-18(28-21-5-8-33-14-15(21)2)12-20(16)23(32)29-6-7-30-19(13-29)10-17(11-22(30)31)24(25,26)27/h10-11,15-16,18,20-21,28H,3-9,12-14H2,1-2H3/t15-,16?,18?,20-,21?/m1/s1. The Morgan fingerprint density at radius 3 is 2.73 bits per heavy atom. The lowest BCUT2D eigenvalue weighted by molar-refractivity contribution is -0.138. The van der Waals surface area contributed by atoms with Crippen LogP contribution in [0.15, 0.2) is 16.9 Å². The predicted molar refractivity (Wildman–Crippen MR) is 118 cm³/mol. The van der Waals surface area contributed by atoms with Crippen molar-refractivity contribution < 1.29 is 22.7 Å². The zero-order valence-electron chi connectivity index (χ0n) is 19.4. The molecule has 1 saturated carbocycles. The Morgan fingerprint density at radius 2 is 2.03 bits per heavy atom. The molecule has 1 N–H and O–H groups in total. The highest BCUT2D eigenvalue weighted by Gasteiger charge is 2.42. The minimum Gasteiger partial charge on any atom is -0.381 e. The Labute approximate surface area is 192 Å². The van der Waals surface area contributed by atoms with Crippen molar-refractivity contribution in [2.45, 2.75) is 77.3 Å². The number of alkyl halides is 3. The van der Waals surface area contributed by atoms with Crippen molar-refractivity contribution in [2.24, 2.45) is 17.8 Å². The lowest BCUT2D eigenvalue weighted by atomic mass is 9.90. The number of halogens is 3. The molecule has 33 heavy (non-hydrogen) atoms. The molecule has 9 heteroatoms. The summed E-state index contributed by atoms with van der Waals surface area (Å²) in [5.41, 5.74) is -1.36. The van der Waals surface area contributed by atoms with Gasteiger partial charge in [0, 0.05) is 49.5 Å². The van der Waals surface area contributed by atoms with Crippen LogP contribution in [-0.2, 0) is 28.8 Å². The summed E-state index contributed by atoms with van der Waals surface area (Å²) in [6, 6.07) is 2.30. The average Bonchev–Trinajstić information content (AvgIpc) is 3.16. The van der Waals surface area contributed by atoms with Crippen molar-refractivity contribution in [3.05, 3.63) is 33.7 Å². The molecule has 2 fully saturated rings. The molecule has 0 spiro atoms. The molecule has 1 saturated heterocycles. The fraction of sp³-hybridized carbons (Fsp3) is 0.750. The maximum Gasteiger partial charge on any atom is 0.416 e. The van der Waals surface area contributed by atoms with E-state index in [1.165, 1.54) is 4.57 Å². The summed E-state index contributed by atoms with van der Waals surface area (Å²) in [4.78, 5) is 27.4. The third-order valence-corrected chi connectivity index (χ3v) is 7.56. The van der Waals surface area contributed by atoms with Gasteiger partial charge < -0.3 is 19.5 Å². The van der Waals surface area contributed by atoms with Gasteiger partial charge in [-0.25, -0.2) is 0 Å². The maximum atomic E-state index is 13.5. The molecule has 0 bridgehead atoms. The second kappa shape index (κ2) is 9.78. The molecule has 0 aromatic carbocycles. The van der Waals surface area contributed by atoms with E-state index in [2.05, 4.69) is 19.2 Å². The second-order valence-corrected chi connectivity index (χ2v) is 9.92. The van der Waals surface area contributed by atoms with E-state index >= 15 is 0 Å². The molecule has 3 unspecified atom stereocenters. The first-order valence-electron chi connectivity index (χ1n) is 12.1. The first kappa shape index (κ1) is 24.3. The smallest absolute Gasteiger partial charge is 0.381 e. The normalized spacial score (nSPS) is 30.3. The van der Waals surface area contributed by atoms with Gasteiger partial charge in [0.2, 0.25) is 5.91 Å². The molecule has 1 aliphatic carbocycles. The van der Waals surface area contributed by atoms with Crippen molar-refractivity contribution in [1.29, 1.82) is 0 Å². The number of pyridine rings is 1. The van der Waals surface area contributed by atoms with Crippen LogP contribution in [0.5, 0.6) is 0 Å². The number of fused-ring (bicyclic) bond motifs is 1. The Kier molecular flexibility index (Phi) is 7.19. The van der Waals surface area contributed by atoms with Gasteiger partial charge in [0.1, 0.15) is 0 Å². The quantitative estimate of drug-likeness (QED) is 0.718. The summed E-state index contributed by atoms with van der Waals surface area (Å²) in [5.74, 6) is 0.564. The highest BCUT2D eigenvalue weighted by atomic mass is 19.4. The van der Waals surface area contributed by atoms with E-state index in [9.17, 15) is 22.8 Å². The van der Waals surface area contributed by atoms with E-state index < -0.39 is 17.3 Å². The first-order chi connectivity index (χ1) is 15.7. The Balaban J connectivity index is 1.47. The molecule has 6 nitrogen and oxygen atoms in total. The summed E-state index contributed by atoms with van der Waals surface area (Å²) in [6.45, 7) is 6.42. The lowest BCUT2D eigenvalue weighted by Crippen LogP contribution is -2.46. The van der Waals surface area contributed by atoms with Gasteiger partial charge in [-0.3, -0.25) is 9.59 Å². The Hall–Kier alpha value is -1.87. The van der Waals surface area contributed by atoms with E-state index in [-0.39, 0.29) is 42.6 Å². The zero-order chi connectivity index (χ0) is 23.8. The van der Waals surface area contributed by atoms with E-state index in [4.69, 9.17) is 4.74 Å². The number of carbonyl (C=O) groups is 1. The number of aromatic nitrogens is 1. The van der Waals surface area contributed by atoms with Crippen LogP contribution in [0.25, 0.3) is 0 Å². The zero-order valence-corrected chi connectivity index (χ0v) is 19.4. The third kappa shape index (κ3) is 5.29. The van der Waals surface area contributed by atoms with Gasteiger partial charge >= 0.3 is 6.18 Å².